The summed E-state index contributed by atoms with van der Waals surface area (Å²) in [6, 6.07) is 6.88. The number of benzene rings is 1. The van der Waals surface area contributed by atoms with Gasteiger partial charge in [0.15, 0.2) is 5.78 Å². The highest BCUT2D eigenvalue weighted by molar-refractivity contribution is 5.98. The van der Waals surface area contributed by atoms with Gasteiger partial charge in [0, 0.05) is 11.6 Å². The Morgan fingerprint density at radius 3 is 2.50 bits per heavy atom. The lowest BCUT2D eigenvalue weighted by Gasteiger charge is -1.99. The summed E-state index contributed by atoms with van der Waals surface area (Å²) in [4.78, 5) is 21.4. The van der Waals surface area contributed by atoms with Crippen molar-refractivity contribution < 1.29 is 14.7 Å². The van der Waals surface area contributed by atoms with Gasteiger partial charge in [0.25, 0.3) is 0 Å². The third-order valence-electron chi connectivity index (χ3n) is 1.75. The van der Waals surface area contributed by atoms with Crippen molar-refractivity contribution >= 4 is 17.8 Å². The number of ketones is 1. The molecule has 0 atom stereocenters. The van der Waals surface area contributed by atoms with Gasteiger partial charge in [-0.05, 0) is 18.6 Å². The number of rotatable bonds is 3. The molecule has 0 aliphatic heterocycles. The van der Waals surface area contributed by atoms with Crippen molar-refractivity contribution in [2.24, 2.45) is 0 Å². The van der Waals surface area contributed by atoms with E-state index in [2.05, 4.69) is 0 Å². The van der Waals surface area contributed by atoms with Crippen LogP contribution in [0.25, 0.3) is 6.08 Å². The first-order chi connectivity index (χ1) is 6.61. The van der Waals surface area contributed by atoms with Crippen molar-refractivity contribution in [1.82, 2.24) is 0 Å². The molecule has 0 unspecified atom stereocenters. The highest BCUT2D eigenvalue weighted by Gasteiger charge is 2.02. The van der Waals surface area contributed by atoms with Gasteiger partial charge in [-0.3, -0.25) is 4.79 Å². The molecule has 3 heteroatoms. The molecule has 0 fully saturated rings. The van der Waals surface area contributed by atoms with Gasteiger partial charge < -0.3 is 5.11 Å². The molecule has 1 aromatic carbocycles. The minimum atomic E-state index is -1.02. The maximum atomic E-state index is 11.1. The fraction of sp³-hybridized carbons (Fsp3) is 0.0909. The Labute approximate surface area is 81.7 Å². The van der Waals surface area contributed by atoms with E-state index in [4.69, 9.17) is 5.11 Å². The van der Waals surface area contributed by atoms with Crippen LogP contribution in [0.2, 0.25) is 0 Å². The monoisotopic (exact) mass is 190 g/mol. The lowest BCUT2D eigenvalue weighted by Crippen LogP contribution is -1.95. The molecule has 0 aliphatic carbocycles. The largest absolute Gasteiger partial charge is 0.478 e. The minimum Gasteiger partial charge on any atom is -0.478 e. The van der Waals surface area contributed by atoms with Gasteiger partial charge in [-0.1, -0.05) is 24.3 Å². The van der Waals surface area contributed by atoms with Gasteiger partial charge in [0.2, 0.25) is 0 Å². The summed E-state index contributed by atoms with van der Waals surface area (Å²) in [7, 11) is 0. The minimum absolute atomic E-state index is 0.0735. The van der Waals surface area contributed by atoms with Gasteiger partial charge in [-0.15, -0.1) is 0 Å². The molecule has 0 aromatic heterocycles. The Balaban J connectivity index is 3.07. The molecule has 3 nitrogen and oxygen atoms in total. The van der Waals surface area contributed by atoms with Crippen LogP contribution in [-0.4, -0.2) is 16.9 Å². The van der Waals surface area contributed by atoms with Crippen LogP contribution in [0.1, 0.15) is 22.8 Å². The van der Waals surface area contributed by atoms with Crippen molar-refractivity contribution in [3.8, 4) is 0 Å². The van der Waals surface area contributed by atoms with Crippen LogP contribution in [-0.2, 0) is 4.79 Å². The van der Waals surface area contributed by atoms with Crippen molar-refractivity contribution in [2.45, 2.75) is 6.92 Å². The van der Waals surface area contributed by atoms with Crippen molar-refractivity contribution in [2.75, 3.05) is 0 Å². The SMILES string of the molecule is CC(=O)c1ccccc1C=CC(=O)O. The highest BCUT2D eigenvalue weighted by atomic mass is 16.4. The van der Waals surface area contributed by atoms with Crippen LogP contribution in [0.15, 0.2) is 30.3 Å². The van der Waals surface area contributed by atoms with Gasteiger partial charge >= 0.3 is 5.97 Å². The quantitative estimate of drug-likeness (QED) is 0.585. The maximum Gasteiger partial charge on any atom is 0.328 e. The summed E-state index contributed by atoms with van der Waals surface area (Å²) in [5.41, 5.74) is 1.16. The molecule has 72 valence electrons. The van der Waals surface area contributed by atoms with Gasteiger partial charge in [-0.2, -0.15) is 0 Å². The molecule has 14 heavy (non-hydrogen) atoms. The third-order valence-corrected chi connectivity index (χ3v) is 1.75. The van der Waals surface area contributed by atoms with Crippen LogP contribution >= 0.6 is 0 Å². The first kappa shape index (κ1) is 10.2. The molecule has 0 aliphatic rings. The summed E-state index contributed by atoms with van der Waals surface area (Å²) >= 11 is 0. The highest BCUT2D eigenvalue weighted by Crippen LogP contribution is 2.11. The average Bonchev–Trinajstić information content (AvgIpc) is 2.15. The molecule has 0 heterocycles. The number of hydrogen-bond donors (Lipinski definition) is 1. The van der Waals surface area contributed by atoms with Crippen LogP contribution in [0.4, 0.5) is 0 Å². The molecule has 0 bridgehead atoms. The fourth-order valence-electron chi connectivity index (χ4n) is 1.12. The molecular formula is C11H10O3. The summed E-state index contributed by atoms with van der Waals surface area (Å²) in [6.45, 7) is 1.45. The molecule has 0 spiro atoms. The van der Waals surface area contributed by atoms with E-state index < -0.39 is 5.97 Å². The van der Waals surface area contributed by atoms with E-state index in [-0.39, 0.29) is 5.78 Å². The zero-order valence-corrected chi connectivity index (χ0v) is 7.73. The average molecular weight is 190 g/mol. The van der Waals surface area contributed by atoms with Gasteiger partial charge in [0.1, 0.15) is 0 Å². The number of Topliss-reactive ketones (excluding diaryl/α,β-unsaturated/α-hetero) is 1. The zero-order chi connectivity index (χ0) is 10.6. The van der Waals surface area contributed by atoms with Crippen LogP contribution in [0.3, 0.4) is 0 Å². The number of carboxylic acids is 1. The molecule has 0 amide bonds. The van der Waals surface area contributed by atoms with Gasteiger partial charge in [-0.25, -0.2) is 4.79 Å². The van der Waals surface area contributed by atoms with Crippen molar-refractivity contribution in [1.29, 1.82) is 0 Å². The Morgan fingerprint density at radius 1 is 1.29 bits per heavy atom. The lowest BCUT2D eigenvalue weighted by molar-refractivity contribution is -0.131. The Kier molecular flexibility index (Phi) is 3.18. The van der Waals surface area contributed by atoms with E-state index in [1.807, 2.05) is 0 Å². The third kappa shape index (κ3) is 2.55. The smallest absolute Gasteiger partial charge is 0.328 e. The van der Waals surface area contributed by atoms with E-state index in [0.29, 0.717) is 11.1 Å². The van der Waals surface area contributed by atoms with Crippen LogP contribution in [0.5, 0.6) is 0 Å². The van der Waals surface area contributed by atoms with Gasteiger partial charge in [0.05, 0.1) is 0 Å². The Hall–Kier alpha value is -1.90. The van der Waals surface area contributed by atoms with Crippen molar-refractivity contribution in [3.05, 3.63) is 41.5 Å². The van der Waals surface area contributed by atoms with Crippen LogP contribution in [0, 0.1) is 0 Å². The summed E-state index contributed by atoms with van der Waals surface area (Å²) in [5, 5.41) is 8.43. The lowest BCUT2D eigenvalue weighted by atomic mass is 10.0. The molecule has 1 rings (SSSR count). The molecule has 0 saturated carbocycles. The van der Waals surface area contributed by atoms with E-state index in [1.54, 1.807) is 24.3 Å². The normalized spacial score (nSPS) is 10.4. The summed E-state index contributed by atoms with van der Waals surface area (Å²) in [5.74, 6) is -1.10. The maximum absolute atomic E-state index is 11.1. The fourth-order valence-corrected chi connectivity index (χ4v) is 1.12. The number of aliphatic carboxylic acids is 1. The second-order valence-corrected chi connectivity index (χ2v) is 2.82. The summed E-state index contributed by atoms with van der Waals surface area (Å²) < 4.78 is 0. The van der Waals surface area contributed by atoms with E-state index >= 15 is 0 Å². The van der Waals surface area contributed by atoms with E-state index in [9.17, 15) is 9.59 Å². The predicted octanol–water partition coefficient (Wildman–Crippen LogP) is 1.99. The standard InChI is InChI=1S/C11H10O3/c1-8(12)10-5-3-2-4-9(10)6-7-11(13)14/h2-7H,1H3,(H,13,14). The molecule has 0 saturated heterocycles. The number of hydrogen-bond acceptors (Lipinski definition) is 2. The second kappa shape index (κ2) is 4.37. The molecule has 1 aromatic rings. The molecular weight excluding hydrogens is 180 g/mol. The van der Waals surface area contributed by atoms with Crippen molar-refractivity contribution in [3.63, 3.8) is 0 Å². The topological polar surface area (TPSA) is 54.4 Å². The summed E-state index contributed by atoms with van der Waals surface area (Å²) in [6.07, 6.45) is 2.43. The Bertz CT molecular complexity index is 391. The predicted molar refractivity (Wildman–Crippen MR) is 53.1 cm³/mol. The first-order valence-corrected chi connectivity index (χ1v) is 4.12. The zero-order valence-electron chi connectivity index (χ0n) is 7.73. The van der Waals surface area contributed by atoms with E-state index in [0.717, 1.165) is 6.08 Å². The number of carboxylic acid groups (broad SMARTS) is 1. The van der Waals surface area contributed by atoms with Crippen LogP contribution < -0.4 is 0 Å². The Morgan fingerprint density at radius 2 is 1.93 bits per heavy atom. The molecule has 0 radical (unpaired) electrons. The second-order valence-electron chi connectivity index (χ2n) is 2.82. The van der Waals surface area contributed by atoms with E-state index in [1.165, 1.54) is 13.0 Å². The number of carbonyl (C=O) groups excluding carboxylic acids is 1. The first-order valence-electron chi connectivity index (χ1n) is 4.12. The molecule has 1 N–H and O–H groups in total. The number of carbonyl (C=O) groups is 2.